The van der Waals surface area contributed by atoms with Crippen LogP contribution in [0.4, 0.5) is 5.69 Å². The molecule has 0 unspecified atom stereocenters. The summed E-state index contributed by atoms with van der Waals surface area (Å²) >= 11 is 1.79. The maximum absolute atomic E-state index is 12.8. The number of rotatable bonds is 5. The van der Waals surface area contributed by atoms with Gasteiger partial charge >= 0.3 is 0 Å². The summed E-state index contributed by atoms with van der Waals surface area (Å²) < 4.78 is 13.3. The number of ether oxygens (including phenoxy) is 2. The van der Waals surface area contributed by atoms with Crippen LogP contribution in [0.3, 0.4) is 0 Å². The number of benzene rings is 1. The summed E-state index contributed by atoms with van der Waals surface area (Å²) in [6, 6.07) is 6.34. The van der Waals surface area contributed by atoms with Gasteiger partial charge in [0.15, 0.2) is 0 Å². The molecule has 1 aromatic carbocycles. The van der Waals surface area contributed by atoms with E-state index in [0.29, 0.717) is 12.5 Å². The standard InChI is InChI=1S/C20H25N3O3S/c1-25-13-20(4-5-20)19(24)22-9-14-11-23(12-15(14)10-22)27-16-2-3-18-17(8-16)21-6-7-26-18/h2-3,8,21H,4-7,9-13H2,1H3. The summed E-state index contributed by atoms with van der Waals surface area (Å²) in [5, 5.41) is 3.39. The Labute approximate surface area is 164 Å². The van der Waals surface area contributed by atoms with E-state index in [0.717, 1.165) is 63.6 Å². The number of carbonyl (C=O) groups is 1. The van der Waals surface area contributed by atoms with Crippen molar-refractivity contribution < 1.29 is 14.3 Å². The van der Waals surface area contributed by atoms with Crippen molar-refractivity contribution in [3.8, 4) is 5.75 Å². The molecule has 0 aromatic heterocycles. The van der Waals surface area contributed by atoms with Crippen molar-refractivity contribution in [1.29, 1.82) is 0 Å². The molecule has 0 atom stereocenters. The van der Waals surface area contributed by atoms with Gasteiger partial charge < -0.3 is 19.7 Å². The number of fused-ring (bicyclic) bond motifs is 1. The smallest absolute Gasteiger partial charge is 0.231 e. The zero-order chi connectivity index (χ0) is 18.4. The fourth-order valence-corrected chi connectivity index (χ4v) is 5.30. The number of anilines is 1. The predicted octanol–water partition coefficient (Wildman–Crippen LogP) is 2.38. The quantitative estimate of drug-likeness (QED) is 0.618. The molecule has 1 N–H and O–H groups in total. The van der Waals surface area contributed by atoms with Gasteiger partial charge in [0.05, 0.1) is 17.7 Å². The van der Waals surface area contributed by atoms with E-state index in [1.165, 1.54) is 16.0 Å². The fourth-order valence-electron chi connectivity index (χ4n) is 4.26. The number of hydrogen-bond acceptors (Lipinski definition) is 6. The molecular weight excluding hydrogens is 362 g/mol. The highest BCUT2D eigenvalue weighted by Gasteiger charge is 2.52. The van der Waals surface area contributed by atoms with Gasteiger partial charge in [0.25, 0.3) is 0 Å². The van der Waals surface area contributed by atoms with Gasteiger partial charge in [0.2, 0.25) is 5.91 Å². The van der Waals surface area contributed by atoms with Crippen molar-refractivity contribution in [2.24, 2.45) is 5.41 Å². The zero-order valence-electron chi connectivity index (χ0n) is 15.6. The average molecular weight is 388 g/mol. The highest BCUT2D eigenvalue weighted by atomic mass is 32.2. The number of methoxy groups -OCH3 is 1. The summed E-state index contributed by atoms with van der Waals surface area (Å²) in [5.74, 6) is 1.23. The first kappa shape index (κ1) is 17.4. The molecule has 6 nitrogen and oxygen atoms in total. The molecular formula is C20H25N3O3S. The molecule has 1 aromatic rings. The predicted molar refractivity (Wildman–Crippen MR) is 105 cm³/mol. The Morgan fingerprint density at radius 3 is 2.74 bits per heavy atom. The minimum absolute atomic E-state index is 0.221. The largest absolute Gasteiger partial charge is 0.490 e. The SMILES string of the molecule is COCC1(C(=O)N2CC3=C(CN(Sc4ccc5c(c4)NCCO5)C3)C2)CC1. The number of nitrogens with one attached hydrogen (secondary N) is 1. The van der Waals surface area contributed by atoms with Crippen molar-refractivity contribution in [2.45, 2.75) is 17.7 Å². The van der Waals surface area contributed by atoms with Gasteiger partial charge in [0.1, 0.15) is 12.4 Å². The van der Waals surface area contributed by atoms with Crippen LogP contribution < -0.4 is 10.1 Å². The topological polar surface area (TPSA) is 54.0 Å². The fraction of sp³-hybridized carbons (Fsp3) is 0.550. The first-order valence-corrected chi connectivity index (χ1v) is 10.4. The lowest BCUT2D eigenvalue weighted by atomic mass is 10.1. The van der Waals surface area contributed by atoms with Crippen LogP contribution in [-0.4, -0.2) is 68.2 Å². The molecule has 1 saturated carbocycles. The Hall–Kier alpha value is -1.70. The molecule has 4 aliphatic rings. The lowest BCUT2D eigenvalue weighted by Gasteiger charge is -2.26. The lowest BCUT2D eigenvalue weighted by molar-refractivity contribution is -0.137. The summed E-state index contributed by atoms with van der Waals surface area (Å²) in [6.45, 7) is 5.58. The average Bonchev–Trinajstić information content (AvgIpc) is 3.21. The second kappa shape index (κ2) is 6.72. The van der Waals surface area contributed by atoms with Gasteiger partial charge in [-0.15, -0.1) is 0 Å². The molecule has 5 rings (SSSR count). The van der Waals surface area contributed by atoms with Crippen molar-refractivity contribution in [3.63, 3.8) is 0 Å². The van der Waals surface area contributed by atoms with Gasteiger partial charge in [-0.2, -0.15) is 0 Å². The Bertz CT molecular complexity index is 788. The summed E-state index contributed by atoms with van der Waals surface area (Å²) in [5.41, 5.74) is 3.70. The molecule has 27 heavy (non-hydrogen) atoms. The van der Waals surface area contributed by atoms with Crippen molar-refractivity contribution in [2.75, 3.05) is 58.4 Å². The monoisotopic (exact) mass is 387 g/mol. The lowest BCUT2D eigenvalue weighted by Crippen LogP contribution is -2.39. The third-order valence-corrected chi connectivity index (χ3v) is 6.85. The Balaban J connectivity index is 1.18. The van der Waals surface area contributed by atoms with Crippen LogP contribution in [0.25, 0.3) is 0 Å². The van der Waals surface area contributed by atoms with E-state index in [9.17, 15) is 4.79 Å². The Morgan fingerprint density at radius 1 is 1.26 bits per heavy atom. The van der Waals surface area contributed by atoms with E-state index >= 15 is 0 Å². The molecule has 1 amide bonds. The second-order valence-electron chi connectivity index (χ2n) is 7.90. The van der Waals surface area contributed by atoms with Crippen molar-refractivity contribution >= 4 is 23.5 Å². The minimum atomic E-state index is -0.221. The molecule has 3 heterocycles. The third kappa shape index (κ3) is 3.22. The molecule has 1 fully saturated rings. The van der Waals surface area contributed by atoms with Crippen LogP contribution in [0.2, 0.25) is 0 Å². The molecule has 0 spiro atoms. The zero-order valence-corrected chi connectivity index (χ0v) is 16.4. The molecule has 0 saturated heterocycles. The maximum atomic E-state index is 12.8. The van der Waals surface area contributed by atoms with E-state index in [-0.39, 0.29) is 5.41 Å². The minimum Gasteiger partial charge on any atom is -0.490 e. The van der Waals surface area contributed by atoms with Crippen LogP contribution in [0.1, 0.15) is 12.8 Å². The number of nitrogens with zero attached hydrogens (tertiary/aromatic N) is 2. The van der Waals surface area contributed by atoms with Gasteiger partial charge in [-0.25, -0.2) is 4.31 Å². The van der Waals surface area contributed by atoms with E-state index in [2.05, 4.69) is 21.8 Å². The van der Waals surface area contributed by atoms with Gasteiger partial charge in [-0.05, 0) is 54.1 Å². The third-order valence-electron chi connectivity index (χ3n) is 5.87. The second-order valence-corrected chi connectivity index (χ2v) is 9.07. The highest BCUT2D eigenvalue weighted by molar-refractivity contribution is 7.97. The summed E-state index contributed by atoms with van der Waals surface area (Å²) in [6.07, 6.45) is 1.94. The Morgan fingerprint density at radius 2 is 2.04 bits per heavy atom. The normalized spacial score (nSPS) is 22.9. The summed E-state index contributed by atoms with van der Waals surface area (Å²) in [4.78, 5) is 16.1. The first-order valence-electron chi connectivity index (χ1n) is 9.59. The Kier molecular flexibility index (Phi) is 4.33. The van der Waals surface area contributed by atoms with Crippen molar-refractivity contribution in [1.82, 2.24) is 9.21 Å². The first-order chi connectivity index (χ1) is 13.2. The van der Waals surface area contributed by atoms with Gasteiger partial charge in [-0.1, -0.05) is 0 Å². The van der Waals surface area contributed by atoms with Crippen LogP contribution in [0, 0.1) is 5.41 Å². The molecule has 1 aliphatic carbocycles. The van der Waals surface area contributed by atoms with Crippen LogP contribution in [-0.2, 0) is 9.53 Å². The van der Waals surface area contributed by atoms with Gasteiger partial charge in [-0.3, -0.25) is 4.79 Å². The molecule has 0 radical (unpaired) electrons. The number of hydrogen-bond donors (Lipinski definition) is 1. The summed E-state index contributed by atoms with van der Waals surface area (Å²) in [7, 11) is 1.69. The van der Waals surface area contributed by atoms with Crippen LogP contribution >= 0.6 is 11.9 Å². The molecule has 3 aliphatic heterocycles. The van der Waals surface area contributed by atoms with E-state index in [1.807, 2.05) is 11.0 Å². The number of carbonyl (C=O) groups excluding carboxylic acids is 1. The number of amides is 1. The van der Waals surface area contributed by atoms with Crippen LogP contribution in [0.15, 0.2) is 34.2 Å². The van der Waals surface area contributed by atoms with Gasteiger partial charge in [0, 0.05) is 44.7 Å². The van der Waals surface area contributed by atoms with Crippen LogP contribution in [0.5, 0.6) is 5.75 Å². The molecule has 144 valence electrons. The van der Waals surface area contributed by atoms with E-state index in [4.69, 9.17) is 9.47 Å². The molecule has 0 bridgehead atoms. The van der Waals surface area contributed by atoms with Crippen molar-refractivity contribution in [3.05, 3.63) is 29.3 Å². The maximum Gasteiger partial charge on any atom is 0.231 e. The highest BCUT2D eigenvalue weighted by Crippen LogP contribution is 2.48. The van der Waals surface area contributed by atoms with E-state index < -0.39 is 0 Å². The van der Waals surface area contributed by atoms with E-state index in [1.54, 1.807) is 19.1 Å². The molecule has 7 heteroatoms.